The number of amides is 1. The quantitative estimate of drug-likeness (QED) is 0.179. The van der Waals surface area contributed by atoms with Gasteiger partial charge in [-0.05, 0) is 41.0 Å². The average Bonchev–Trinajstić information content (AvgIpc) is 3.69. The van der Waals surface area contributed by atoms with E-state index in [9.17, 15) is 9.59 Å². The number of anilines is 1. The first-order chi connectivity index (χ1) is 22.7. The Balaban J connectivity index is 1.33. The summed E-state index contributed by atoms with van der Waals surface area (Å²) in [5.74, 6) is 0.918. The third-order valence-corrected chi connectivity index (χ3v) is 8.43. The summed E-state index contributed by atoms with van der Waals surface area (Å²) in [7, 11) is 3.26. The number of carbonyl (C=O) groups is 1. The van der Waals surface area contributed by atoms with E-state index in [2.05, 4.69) is 20.3 Å². The molecule has 1 fully saturated rings. The maximum absolute atomic E-state index is 12.8. The third kappa shape index (κ3) is 6.22. The molecule has 1 saturated heterocycles. The number of rotatable bonds is 11. The lowest BCUT2D eigenvalue weighted by Gasteiger charge is -2.37. The highest BCUT2D eigenvalue weighted by atomic mass is 16.6. The molecule has 1 aliphatic rings. The molecule has 1 aliphatic heterocycles. The molecule has 0 bridgehead atoms. The van der Waals surface area contributed by atoms with Gasteiger partial charge in [-0.25, -0.2) is 4.98 Å². The van der Waals surface area contributed by atoms with Crippen LogP contribution in [0.25, 0.3) is 11.2 Å². The van der Waals surface area contributed by atoms with Gasteiger partial charge in [-0.1, -0.05) is 68.4 Å². The van der Waals surface area contributed by atoms with Crippen LogP contribution in [0.3, 0.4) is 0 Å². The minimum atomic E-state index is -1.04. The van der Waals surface area contributed by atoms with E-state index in [0.717, 1.165) is 28.2 Å². The summed E-state index contributed by atoms with van der Waals surface area (Å²) in [4.78, 5) is 36.4. The number of nitrogens with one attached hydrogen (secondary N) is 2. The second-order valence-corrected chi connectivity index (χ2v) is 11.7. The van der Waals surface area contributed by atoms with Gasteiger partial charge in [-0.3, -0.25) is 24.5 Å². The van der Waals surface area contributed by atoms with E-state index >= 15 is 0 Å². The van der Waals surface area contributed by atoms with Crippen molar-refractivity contribution >= 4 is 23.0 Å². The van der Waals surface area contributed by atoms with E-state index in [1.54, 1.807) is 32.6 Å². The lowest BCUT2D eigenvalue weighted by Crippen LogP contribution is -2.40. The van der Waals surface area contributed by atoms with Gasteiger partial charge in [-0.15, -0.1) is 0 Å². The van der Waals surface area contributed by atoms with E-state index in [4.69, 9.17) is 24.7 Å². The Morgan fingerprint density at radius 3 is 2.17 bits per heavy atom. The highest BCUT2D eigenvalue weighted by molar-refractivity contribution is 5.91. The fourth-order valence-electron chi connectivity index (χ4n) is 5.82. The Labute approximate surface area is 271 Å². The van der Waals surface area contributed by atoms with Crippen LogP contribution in [0, 0.1) is 5.92 Å². The number of ether oxygens (including phenoxy) is 4. The summed E-state index contributed by atoms with van der Waals surface area (Å²) in [6, 6.07) is 25.2. The largest absolute Gasteiger partial charge is 0.497 e. The number of methoxy groups -OCH3 is 2. The van der Waals surface area contributed by atoms with Crippen LogP contribution in [-0.2, 0) is 19.9 Å². The number of aromatic nitrogens is 4. The number of fused-ring (bicyclic) bond motifs is 1. The van der Waals surface area contributed by atoms with Crippen molar-refractivity contribution in [2.75, 3.05) is 26.1 Å². The summed E-state index contributed by atoms with van der Waals surface area (Å²) < 4.78 is 26.1. The van der Waals surface area contributed by atoms with E-state index in [0.29, 0.717) is 6.42 Å². The first-order valence-electron chi connectivity index (χ1n) is 15.4. The van der Waals surface area contributed by atoms with Crippen molar-refractivity contribution in [2.45, 2.75) is 44.2 Å². The normalized spacial score (nSPS) is 18.0. The summed E-state index contributed by atoms with van der Waals surface area (Å²) in [6.45, 7) is 3.64. The summed E-state index contributed by atoms with van der Waals surface area (Å²) in [5, 5.41) is 2.65. The number of carbonyl (C=O) groups excluding carboxylic acids is 1. The predicted octanol–water partition coefficient (Wildman–Crippen LogP) is 4.35. The van der Waals surface area contributed by atoms with Crippen molar-refractivity contribution in [2.24, 2.45) is 11.7 Å². The molecule has 5 aromatic rings. The summed E-state index contributed by atoms with van der Waals surface area (Å²) in [5.41, 5.74) is 8.27. The van der Waals surface area contributed by atoms with Gasteiger partial charge in [0.1, 0.15) is 23.3 Å². The van der Waals surface area contributed by atoms with Crippen molar-refractivity contribution in [3.63, 3.8) is 0 Å². The zero-order valence-electron chi connectivity index (χ0n) is 26.7. The van der Waals surface area contributed by atoms with Gasteiger partial charge in [-0.2, -0.15) is 4.98 Å². The highest BCUT2D eigenvalue weighted by Gasteiger charge is 2.42. The number of H-pyrrole nitrogens is 1. The van der Waals surface area contributed by atoms with Crippen molar-refractivity contribution in [3.05, 3.63) is 112 Å². The van der Waals surface area contributed by atoms with Crippen LogP contribution in [0.4, 0.5) is 5.95 Å². The molecule has 0 radical (unpaired) electrons. The molecule has 12 heteroatoms. The molecular formula is C35H38N6O6. The van der Waals surface area contributed by atoms with Gasteiger partial charge >= 0.3 is 0 Å². The Bertz CT molecular complexity index is 1840. The standard InChI is InChI=1S/C35H38N6O6/c1-21(2)32(42)39-34-38-31-30(33(43)40-34)37-20-41(31)29-18-27(36)28(47-29)19-46-35(22-8-6-5-7-9-22,23-10-14-25(44-3)15-11-23)24-12-16-26(45-4)17-13-24/h5-17,20-21,27-29H,18-19,36H2,1-4H3,(H2,38,39,40,42,43)/t27-,28-,29-/m1/s1. The summed E-state index contributed by atoms with van der Waals surface area (Å²) >= 11 is 0. The maximum atomic E-state index is 12.8. The zero-order chi connectivity index (χ0) is 33.1. The predicted molar refractivity (Wildman–Crippen MR) is 176 cm³/mol. The molecule has 4 N–H and O–H groups in total. The molecule has 244 valence electrons. The number of hydrogen-bond acceptors (Lipinski definition) is 9. The molecule has 0 aliphatic carbocycles. The smallest absolute Gasteiger partial charge is 0.280 e. The van der Waals surface area contributed by atoms with Gasteiger partial charge in [0.15, 0.2) is 11.2 Å². The lowest BCUT2D eigenvalue weighted by molar-refractivity contribution is -0.118. The van der Waals surface area contributed by atoms with Gasteiger partial charge in [0.05, 0.1) is 33.3 Å². The second-order valence-electron chi connectivity index (χ2n) is 11.7. The van der Waals surface area contributed by atoms with Crippen molar-refractivity contribution in [1.29, 1.82) is 0 Å². The molecular weight excluding hydrogens is 600 g/mol. The maximum Gasteiger partial charge on any atom is 0.280 e. The fraction of sp³-hybridized carbons (Fsp3) is 0.314. The SMILES string of the molecule is COc1ccc(C(OC[C@H]2O[C@@H](n3cnc4c(=O)[nH]c(NC(=O)C(C)C)nc43)C[C@H]2N)(c2ccccc2)c2ccc(OC)cc2)cc1. The van der Waals surface area contributed by atoms with E-state index in [-0.39, 0.29) is 35.5 Å². The van der Waals surface area contributed by atoms with Crippen LogP contribution >= 0.6 is 0 Å². The lowest BCUT2D eigenvalue weighted by atomic mass is 9.80. The number of aromatic amines is 1. The third-order valence-electron chi connectivity index (χ3n) is 8.43. The molecule has 3 aromatic carbocycles. The number of nitrogens with two attached hydrogens (primary N) is 1. The molecule has 0 spiro atoms. The minimum absolute atomic E-state index is 0.0387. The molecule has 0 saturated carbocycles. The van der Waals surface area contributed by atoms with Gasteiger partial charge in [0, 0.05) is 18.4 Å². The van der Waals surface area contributed by atoms with E-state index < -0.39 is 29.5 Å². The topological polar surface area (TPSA) is 156 Å². The fourth-order valence-corrected chi connectivity index (χ4v) is 5.82. The van der Waals surface area contributed by atoms with Crippen molar-refractivity contribution in [1.82, 2.24) is 19.5 Å². The molecule has 0 unspecified atom stereocenters. The van der Waals surface area contributed by atoms with Crippen LogP contribution in [0.5, 0.6) is 11.5 Å². The molecule has 12 nitrogen and oxygen atoms in total. The van der Waals surface area contributed by atoms with Gasteiger partial charge in [0.25, 0.3) is 5.56 Å². The van der Waals surface area contributed by atoms with Gasteiger partial charge < -0.3 is 24.7 Å². The number of hydrogen-bond donors (Lipinski definition) is 3. The van der Waals surface area contributed by atoms with Crippen LogP contribution < -0.4 is 26.1 Å². The Kier molecular flexibility index (Phi) is 9.08. The summed E-state index contributed by atoms with van der Waals surface area (Å²) in [6.07, 6.45) is 0.842. The molecule has 47 heavy (non-hydrogen) atoms. The monoisotopic (exact) mass is 638 g/mol. The molecule has 2 aromatic heterocycles. The first kappa shape index (κ1) is 31.9. The van der Waals surface area contributed by atoms with E-state index in [1.165, 1.54) is 6.33 Å². The number of benzene rings is 3. The average molecular weight is 639 g/mol. The van der Waals surface area contributed by atoms with Gasteiger partial charge in [0.2, 0.25) is 11.9 Å². The van der Waals surface area contributed by atoms with Crippen LogP contribution in [0.1, 0.15) is 43.2 Å². The van der Waals surface area contributed by atoms with Crippen LogP contribution in [0.15, 0.2) is 90.0 Å². The molecule has 3 atom stereocenters. The van der Waals surface area contributed by atoms with Crippen LogP contribution in [0.2, 0.25) is 0 Å². The molecule has 1 amide bonds. The Hall–Kier alpha value is -5.04. The Morgan fingerprint density at radius 2 is 1.60 bits per heavy atom. The van der Waals surface area contributed by atoms with Crippen LogP contribution in [-0.4, -0.2) is 58.4 Å². The highest BCUT2D eigenvalue weighted by Crippen LogP contribution is 2.42. The first-order valence-corrected chi connectivity index (χ1v) is 15.4. The Morgan fingerprint density at radius 1 is 1.00 bits per heavy atom. The van der Waals surface area contributed by atoms with Crippen molar-refractivity contribution < 1.29 is 23.7 Å². The van der Waals surface area contributed by atoms with E-state index in [1.807, 2.05) is 78.9 Å². The zero-order valence-corrected chi connectivity index (χ0v) is 26.7. The van der Waals surface area contributed by atoms with Crippen molar-refractivity contribution in [3.8, 4) is 11.5 Å². The second kappa shape index (κ2) is 13.4. The minimum Gasteiger partial charge on any atom is -0.497 e. The number of nitrogens with zero attached hydrogens (tertiary/aromatic N) is 3. The molecule has 6 rings (SSSR count). The molecule has 3 heterocycles. The number of imidazole rings is 1.